The van der Waals surface area contributed by atoms with Crippen LogP contribution in [-0.2, 0) is 11.2 Å². The second-order valence-electron chi connectivity index (χ2n) is 5.25. The van der Waals surface area contributed by atoms with Gasteiger partial charge in [-0.05, 0) is 42.8 Å². The highest BCUT2D eigenvalue weighted by atomic mass is 16.5. The van der Waals surface area contributed by atoms with Crippen molar-refractivity contribution in [3.8, 4) is 5.75 Å². The summed E-state index contributed by atoms with van der Waals surface area (Å²) in [4.78, 5) is 18.3. The molecule has 1 aromatic heterocycles. The zero-order valence-electron chi connectivity index (χ0n) is 13.7. The van der Waals surface area contributed by atoms with E-state index in [1.165, 1.54) is 5.56 Å². The SMILES string of the molecule is CCN(CCc1ccncc1)CC(=O)Nc1cccc(OC)c1. The van der Waals surface area contributed by atoms with E-state index in [1.807, 2.05) is 36.4 Å². The lowest BCUT2D eigenvalue weighted by molar-refractivity contribution is -0.117. The normalized spacial score (nSPS) is 10.6. The maximum absolute atomic E-state index is 12.2. The highest BCUT2D eigenvalue weighted by Crippen LogP contribution is 2.16. The van der Waals surface area contributed by atoms with Gasteiger partial charge in [0.25, 0.3) is 0 Å². The molecule has 5 heteroatoms. The van der Waals surface area contributed by atoms with Gasteiger partial charge in [0.15, 0.2) is 0 Å². The Kier molecular flexibility index (Phi) is 6.56. The number of nitrogens with zero attached hydrogens (tertiary/aromatic N) is 2. The van der Waals surface area contributed by atoms with Crippen LogP contribution in [0.3, 0.4) is 0 Å². The highest BCUT2D eigenvalue weighted by molar-refractivity contribution is 5.92. The Morgan fingerprint density at radius 3 is 2.74 bits per heavy atom. The van der Waals surface area contributed by atoms with Crippen molar-refractivity contribution in [2.75, 3.05) is 32.1 Å². The van der Waals surface area contributed by atoms with Gasteiger partial charge >= 0.3 is 0 Å². The molecule has 1 heterocycles. The van der Waals surface area contributed by atoms with Gasteiger partial charge in [-0.25, -0.2) is 0 Å². The van der Waals surface area contributed by atoms with Crippen molar-refractivity contribution in [1.29, 1.82) is 0 Å². The van der Waals surface area contributed by atoms with E-state index >= 15 is 0 Å². The first-order chi connectivity index (χ1) is 11.2. The molecule has 0 bridgehead atoms. The molecule has 5 nitrogen and oxygen atoms in total. The summed E-state index contributed by atoms with van der Waals surface area (Å²) in [5.41, 5.74) is 1.98. The topological polar surface area (TPSA) is 54.5 Å². The lowest BCUT2D eigenvalue weighted by Gasteiger charge is -2.20. The summed E-state index contributed by atoms with van der Waals surface area (Å²) in [6.45, 7) is 4.10. The van der Waals surface area contributed by atoms with Crippen molar-refractivity contribution < 1.29 is 9.53 Å². The maximum Gasteiger partial charge on any atom is 0.238 e. The standard InChI is InChI=1S/C18H23N3O2/c1-3-21(12-9-15-7-10-19-11-8-15)14-18(22)20-16-5-4-6-17(13-16)23-2/h4-8,10-11,13H,3,9,12,14H2,1-2H3,(H,20,22). The number of ether oxygens (including phenoxy) is 1. The number of rotatable bonds is 8. The Bertz CT molecular complexity index is 617. The molecule has 0 saturated carbocycles. The second kappa shape index (κ2) is 8.90. The summed E-state index contributed by atoms with van der Waals surface area (Å²) in [6, 6.07) is 11.4. The molecule has 0 unspecified atom stereocenters. The molecule has 0 aliphatic carbocycles. The number of aromatic nitrogens is 1. The Labute approximate surface area is 137 Å². The molecule has 0 fully saturated rings. The predicted molar refractivity (Wildman–Crippen MR) is 91.7 cm³/mol. The van der Waals surface area contributed by atoms with Gasteiger partial charge in [-0.3, -0.25) is 14.7 Å². The van der Waals surface area contributed by atoms with Gasteiger partial charge < -0.3 is 10.1 Å². The monoisotopic (exact) mass is 313 g/mol. The fourth-order valence-corrected chi connectivity index (χ4v) is 2.29. The van der Waals surface area contributed by atoms with E-state index < -0.39 is 0 Å². The van der Waals surface area contributed by atoms with Gasteiger partial charge in [0.05, 0.1) is 13.7 Å². The van der Waals surface area contributed by atoms with E-state index in [9.17, 15) is 4.79 Å². The largest absolute Gasteiger partial charge is 0.497 e. The molecule has 0 atom stereocenters. The lowest BCUT2D eigenvalue weighted by Crippen LogP contribution is -2.34. The Hall–Kier alpha value is -2.40. The molecule has 1 aromatic carbocycles. The number of methoxy groups -OCH3 is 1. The van der Waals surface area contributed by atoms with Gasteiger partial charge in [0.2, 0.25) is 5.91 Å². The number of hydrogen-bond acceptors (Lipinski definition) is 4. The van der Waals surface area contributed by atoms with E-state index in [4.69, 9.17) is 4.74 Å². The molecule has 0 radical (unpaired) electrons. The van der Waals surface area contributed by atoms with E-state index in [1.54, 1.807) is 19.5 Å². The summed E-state index contributed by atoms with van der Waals surface area (Å²) >= 11 is 0. The molecule has 2 rings (SSSR count). The van der Waals surface area contributed by atoms with E-state index in [-0.39, 0.29) is 5.91 Å². The summed E-state index contributed by atoms with van der Waals surface area (Å²) < 4.78 is 5.16. The number of anilines is 1. The summed E-state index contributed by atoms with van der Waals surface area (Å²) in [5, 5.41) is 2.91. The quantitative estimate of drug-likeness (QED) is 0.814. The molecular weight excluding hydrogens is 290 g/mol. The van der Waals surface area contributed by atoms with Crippen molar-refractivity contribution in [2.24, 2.45) is 0 Å². The van der Waals surface area contributed by atoms with Crippen molar-refractivity contribution in [3.05, 3.63) is 54.4 Å². The van der Waals surface area contributed by atoms with Crippen LogP contribution in [0.4, 0.5) is 5.69 Å². The molecule has 0 spiro atoms. The summed E-state index contributed by atoms with van der Waals surface area (Å²) in [7, 11) is 1.61. The van der Waals surface area contributed by atoms with Gasteiger partial charge in [0.1, 0.15) is 5.75 Å². The minimum absolute atomic E-state index is 0.0187. The van der Waals surface area contributed by atoms with Crippen LogP contribution in [-0.4, -0.2) is 42.5 Å². The third-order valence-electron chi connectivity index (χ3n) is 3.63. The molecular formula is C18H23N3O2. The number of carbonyl (C=O) groups excluding carboxylic acids is 1. The minimum atomic E-state index is -0.0187. The molecule has 2 aromatic rings. The second-order valence-corrected chi connectivity index (χ2v) is 5.25. The molecule has 0 aliphatic rings. The summed E-state index contributed by atoms with van der Waals surface area (Å²) in [5.74, 6) is 0.711. The third kappa shape index (κ3) is 5.71. The number of carbonyl (C=O) groups is 1. The number of nitrogens with one attached hydrogen (secondary N) is 1. The van der Waals surface area contributed by atoms with Crippen molar-refractivity contribution in [2.45, 2.75) is 13.3 Å². The number of likely N-dealkylation sites (N-methyl/N-ethyl adjacent to an activating group) is 1. The van der Waals surface area contributed by atoms with Crippen LogP contribution >= 0.6 is 0 Å². The molecule has 23 heavy (non-hydrogen) atoms. The van der Waals surface area contributed by atoms with E-state index in [0.29, 0.717) is 6.54 Å². The Morgan fingerprint density at radius 2 is 2.04 bits per heavy atom. The average molecular weight is 313 g/mol. The molecule has 1 amide bonds. The zero-order chi connectivity index (χ0) is 16.5. The van der Waals surface area contributed by atoms with Crippen LogP contribution in [0.25, 0.3) is 0 Å². The predicted octanol–water partition coefficient (Wildman–Crippen LogP) is 2.59. The van der Waals surface area contributed by atoms with Gasteiger partial charge in [-0.1, -0.05) is 13.0 Å². The third-order valence-corrected chi connectivity index (χ3v) is 3.63. The number of pyridine rings is 1. The van der Waals surface area contributed by atoms with Crippen molar-refractivity contribution in [1.82, 2.24) is 9.88 Å². The highest BCUT2D eigenvalue weighted by Gasteiger charge is 2.10. The van der Waals surface area contributed by atoms with Crippen LogP contribution in [0.2, 0.25) is 0 Å². The molecule has 1 N–H and O–H groups in total. The van der Waals surface area contributed by atoms with Crippen molar-refractivity contribution >= 4 is 11.6 Å². The Morgan fingerprint density at radius 1 is 1.26 bits per heavy atom. The molecule has 122 valence electrons. The fourth-order valence-electron chi connectivity index (χ4n) is 2.29. The summed E-state index contributed by atoms with van der Waals surface area (Å²) in [6.07, 6.45) is 4.49. The van der Waals surface area contributed by atoms with Crippen molar-refractivity contribution in [3.63, 3.8) is 0 Å². The van der Waals surface area contributed by atoms with Crippen LogP contribution in [0.15, 0.2) is 48.8 Å². The maximum atomic E-state index is 12.2. The first-order valence-corrected chi connectivity index (χ1v) is 7.76. The van der Waals surface area contributed by atoms with Gasteiger partial charge in [-0.15, -0.1) is 0 Å². The van der Waals surface area contributed by atoms with Crippen LogP contribution in [0.1, 0.15) is 12.5 Å². The van der Waals surface area contributed by atoms with Crippen LogP contribution in [0, 0.1) is 0 Å². The number of amides is 1. The van der Waals surface area contributed by atoms with E-state index in [2.05, 4.69) is 22.1 Å². The van der Waals surface area contributed by atoms with Crippen LogP contribution < -0.4 is 10.1 Å². The van der Waals surface area contributed by atoms with E-state index in [0.717, 1.165) is 30.9 Å². The molecule has 0 aliphatic heterocycles. The molecule has 0 saturated heterocycles. The van der Waals surface area contributed by atoms with Gasteiger partial charge in [-0.2, -0.15) is 0 Å². The van der Waals surface area contributed by atoms with Gasteiger partial charge in [0, 0.05) is 30.7 Å². The lowest BCUT2D eigenvalue weighted by atomic mass is 10.2. The first-order valence-electron chi connectivity index (χ1n) is 7.76. The number of benzene rings is 1. The smallest absolute Gasteiger partial charge is 0.238 e. The van der Waals surface area contributed by atoms with Crippen LogP contribution in [0.5, 0.6) is 5.75 Å². The average Bonchev–Trinajstić information content (AvgIpc) is 2.59. The minimum Gasteiger partial charge on any atom is -0.497 e. The Balaban J connectivity index is 1.84. The fraction of sp³-hybridized carbons (Fsp3) is 0.333. The first kappa shape index (κ1) is 17.0. The zero-order valence-corrected chi connectivity index (χ0v) is 13.7. The number of hydrogen-bond donors (Lipinski definition) is 1.